The maximum atomic E-state index is 12.7. The number of piperazine rings is 1. The summed E-state index contributed by atoms with van der Waals surface area (Å²) in [4.78, 5) is 21.1. The topological polar surface area (TPSA) is 46.9 Å². The fourth-order valence-electron chi connectivity index (χ4n) is 4.23. The maximum Gasteiger partial charge on any atom is 0.341 e. The Bertz CT molecular complexity index is 1050. The minimum atomic E-state index is -0.335. The highest BCUT2D eigenvalue weighted by Crippen LogP contribution is 2.34. The van der Waals surface area contributed by atoms with E-state index in [-0.39, 0.29) is 5.97 Å². The molecule has 0 amide bonds. The summed E-state index contributed by atoms with van der Waals surface area (Å²) in [7, 11) is 0. The molecule has 30 heavy (non-hydrogen) atoms. The van der Waals surface area contributed by atoms with Crippen LogP contribution in [0.4, 0.5) is 5.69 Å². The lowest BCUT2D eigenvalue weighted by molar-refractivity contribution is -0.914. The summed E-state index contributed by atoms with van der Waals surface area (Å²) in [5, 5.41) is 1.56. The van der Waals surface area contributed by atoms with Crippen molar-refractivity contribution in [2.24, 2.45) is 0 Å². The number of pyridine rings is 1. The molecule has 6 heteroatoms. The number of nitrogens with zero attached hydrogens (tertiary/aromatic N) is 2. The highest BCUT2D eigenvalue weighted by atomic mass is 35.5. The molecule has 3 aromatic rings. The van der Waals surface area contributed by atoms with E-state index < -0.39 is 0 Å². The van der Waals surface area contributed by atoms with E-state index in [9.17, 15) is 4.79 Å². The predicted octanol–water partition coefficient (Wildman–Crippen LogP) is 3.28. The number of hydrogen-bond acceptors (Lipinski definition) is 4. The molecule has 1 aliphatic rings. The van der Waals surface area contributed by atoms with E-state index in [2.05, 4.69) is 40.2 Å². The van der Waals surface area contributed by atoms with E-state index in [0.717, 1.165) is 54.9 Å². The molecule has 0 atom stereocenters. The predicted molar refractivity (Wildman–Crippen MR) is 121 cm³/mol. The van der Waals surface area contributed by atoms with Crippen LogP contribution in [0.25, 0.3) is 10.9 Å². The number of aryl methyl sites for hydroxylation is 1. The zero-order valence-electron chi connectivity index (χ0n) is 17.5. The Kier molecular flexibility index (Phi) is 6.21. The van der Waals surface area contributed by atoms with Gasteiger partial charge >= 0.3 is 5.97 Å². The van der Waals surface area contributed by atoms with Gasteiger partial charge in [-0.15, -0.1) is 0 Å². The number of fused-ring (bicyclic) bond motifs is 1. The van der Waals surface area contributed by atoms with Crippen molar-refractivity contribution < 1.29 is 14.4 Å². The van der Waals surface area contributed by atoms with Crippen molar-refractivity contribution in [3.8, 4) is 0 Å². The summed E-state index contributed by atoms with van der Waals surface area (Å²) < 4.78 is 5.33. The Morgan fingerprint density at radius 3 is 2.63 bits per heavy atom. The zero-order valence-corrected chi connectivity index (χ0v) is 18.2. The molecule has 0 aliphatic carbocycles. The van der Waals surface area contributed by atoms with Crippen molar-refractivity contribution in [1.82, 2.24) is 4.98 Å². The number of rotatable bonds is 5. The van der Waals surface area contributed by atoms with Gasteiger partial charge in [-0.25, -0.2) is 4.79 Å². The average Bonchev–Trinajstić information content (AvgIpc) is 2.74. The molecule has 0 bridgehead atoms. The van der Waals surface area contributed by atoms with Crippen LogP contribution in [0.15, 0.2) is 48.7 Å². The lowest BCUT2D eigenvalue weighted by atomic mass is 10.0. The second kappa shape index (κ2) is 9.02. The number of aromatic nitrogens is 1. The number of esters is 1. The van der Waals surface area contributed by atoms with E-state index in [1.807, 2.05) is 26.0 Å². The van der Waals surface area contributed by atoms with E-state index >= 15 is 0 Å². The lowest BCUT2D eigenvalue weighted by Gasteiger charge is -2.35. The first-order chi connectivity index (χ1) is 14.6. The third-order valence-corrected chi connectivity index (χ3v) is 5.90. The van der Waals surface area contributed by atoms with Gasteiger partial charge in [0.2, 0.25) is 0 Å². The fourth-order valence-corrected chi connectivity index (χ4v) is 4.50. The summed E-state index contributed by atoms with van der Waals surface area (Å²) in [6, 6.07) is 14.4. The normalized spacial score (nSPS) is 14.8. The molecule has 0 saturated carbocycles. The van der Waals surface area contributed by atoms with Crippen LogP contribution < -0.4 is 9.80 Å². The van der Waals surface area contributed by atoms with Crippen LogP contribution >= 0.6 is 11.6 Å². The molecular weight excluding hydrogens is 398 g/mol. The molecule has 2 heterocycles. The Labute approximate surface area is 182 Å². The van der Waals surface area contributed by atoms with Gasteiger partial charge in [0.1, 0.15) is 12.1 Å². The first-order valence-electron chi connectivity index (χ1n) is 10.4. The first kappa shape index (κ1) is 20.6. The number of quaternary nitrogens is 1. The third kappa shape index (κ3) is 4.27. The van der Waals surface area contributed by atoms with E-state index in [1.54, 1.807) is 11.1 Å². The fraction of sp³-hybridized carbons (Fsp3) is 0.333. The summed E-state index contributed by atoms with van der Waals surface area (Å²) in [5.74, 6) is -0.335. The Morgan fingerprint density at radius 1 is 1.20 bits per heavy atom. The summed E-state index contributed by atoms with van der Waals surface area (Å²) >= 11 is 6.37. The molecule has 1 N–H and O–H groups in total. The number of anilines is 1. The molecule has 1 saturated heterocycles. The minimum absolute atomic E-state index is 0.333. The van der Waals surface area contributed by atoms with Gasteiger partial charge in [-0.05, 0) is 31.5 Å². The van der Waals surface area contributed by atoms with Crippen molar-refractivity contribution in [3.63, 3.8) is 0 Å². The van der Waals surface area contributed by atoms with Gasteiger partial charge in [-0.1, -0.05) is 41.9 Å². The van der Waals surface area contributed by atoms with E-state index in [0.29, 0.717) is 17.2 Å². The number of ether oxygens (including phenoxy) is 1. The van der Waals surface area contributed by atoms with Crippen molar-refractivity contribution in [1.29, 1.82) is 0 Å². The van der Waals surface area contributed by atoms with Gasteiger partial charge in [-0.2, -0.15) is 0 Å². The average molecular weight is 425 g/mol. The molecule has 2 aromatic carbocycles. The largest absolute Gasteiger partial charge is 0.462 e. The summed E-state index contributed by atoms with van der Waals surface area (Å²) in [6.45, 7) is 8.89. The number of nitrogens with one attached hydrogen (secondary N) is 1. The Hall–Kier alpha value is -2.63. The maximum absolute atomic E-state index is 12.7. The third-order valence-electron chi connectivity index (χ3n) is 5.68. The van der Waals surface area contributed by atoms with Crippen LogP contribution in [0.5, 0.6) is 0 Å². The molecule has 156 valence electrons. The van der Waals surface area contributed by atoms with Crippen molar-refractivity contribution in [2.45, 2.75) is 20.4 Å². The van der Waals surface area contributed by atoms with E-state index in [4.69, 9.17) is 16.3 Å². The number of carbonyl (C=O) groups excluding carboxylic acids is 1. The molecule has 1 aromatic heterocycles. The van der Waals surface area contributed by atoms with Crippen molar-refractivity contribution >= 4 is 34.2 Å². The molecule has 5 nitrogen and oxygen atoms in total. The molecule has 0 unspecified atom stereocenters. The monoisotopic (exact) mass is 424 g/mol. The quantitative estimate of drug-likeness (QED) is 0.638. The molecule has 1 aliphatic heterocycles. The van der Waals surface area contributed by atoms with Crippen LogP contribution in [0.3, 0.4) is 0 Å². The SMILES string of the molecule is CCOC(=O)c1cnc2c(C)cc(Cl)cc2c1N1CC[NH+](Cc2ccccc2)CC1. The van der Waals surface area contributed by atoms with Gasteiger partial charge in [0, 0.05) is 22.2 Å². The Balaban J connectivity index is 1.65. The van der Waals surface area contributed by atoms with Crippen molar-refractivity contribution in [3.05, 3.63) is 70.4 Å². The van der Waals surface area contributed by atoms with Crippen LogP contribution in [-0.2, 0) is 11.3 Å². The van der Waals surface area contributed by atoms with Crippen molar-refractivity contribution in [2.75, 3.05) is 37.7 Å². The summed E-state index contributed by atoms with van der Waals surface area (Å²) in [6.07, 6.45) is 1.65. The zero-order chi connectivity index (χ0) is 21.1. The molecule has 0 radical (unpaired) electrons. The standard InChI is InChI=1S/C24H26ClN3O2/c1-3-30-24(29)21-15-26-22-17(2)13-19(25)14-20(22)23(21)28-11-9-27(10-12-28)16-18-7-5-4-6-8-18/h4-8,13-15H,3,9-12,16H2,1-2H3/p+1. The Morgan fingerprint density at radius 2 is 1.93 bits per heavy atom. The number of halogens is 1. The van der Waals surface area contributed by atoms with Gasteiger partial charge in [0.05, 0.1) is 44.0 Å². The number of hydrogen-bond donors (Lipinski definition) is 1. The summed E-state index contributed by atoms with van der Waals surface area (Å²) in [5.41, 5.74) is 4.63. The van der Waals surface area contributed by atoms with Gasteiger partial charge in [-0.3, -0.25) is 4.98 Å². The minimum Gasteiger partial charge on any atom is -0.462 e. The van der Waals surface area contributed by atoms with Crippen LogP contribution in [-0.4, -0.2) is 43.7 Å². The highest BCUT2D eigenvalue weighted by Gasteiger charge is 2.27. The van der Waals surface area contributed by atoms with Gasteiger partial charge < -0.3 is 14.5 Å². The molecule has 0 spiro atoms. The molecular formula is C24H27ClN3O2+. The van der Waals surface area contributed by atoms with E-state index in [1.165, 1.54) is 5.56 Å². The molecule has 1 fully saturated rings. The van der Waals surface area contributed by atoms with Gasteiger partial charge in [0.15, 0.2) is 0 Å². The first-order valence-corrected chi connectivity index (χ1v) is 10.8. The van der Waals surface area contributed by atoms with Gasteiger partial charge in [0.25, 0.3) is 0 Å². The van der Waals surface area contributed by atoms with Crippen LogP contribution in [0.2, 0.25) is 5.02 Å². The number of carbonyl (C=O) groups is 1. The van der Waals surface area contributed by atoms with Crippen LogP contribution in [0.1, 0.15) is 28.4 Å². The second-order valence-electron chi connectivity index (χ2n) is 7.76. The number of benzene rings is 2. The highest BCUT2D eigenvalue weighted by molar-refractivity contribution is 6.31. The second-order valence-corrected chi connectivity index (χ2v) is 8.20. The smallest absolute Gasteiger partial charge is 0.341 e. The molecule has 4 rings (SSSR count). The lowest BCUT2D eigenvalue weighted by Crippen LogP contribution is -3.13. The van der Waals surface area contributed by atoms with Crippen LogP contribution in [0, 0.1) is 6.92 Å².